The molecule has 3 aromatic rings. The van der Waals surface area contributed by atoms with E-state index in [1.807, 2.05) is 0 Å². The van der Waals surface area contributed by atoms with Crippen LogP contribution in [0.5, 0.6) is 5.75 Å². The van der Waals surface area contributed by atoms with Gasteiger partial charge in [-0.25, -0.2) is 18.5 Å². The number of fused-ring (bicyclic) bond motifs is 1. The molecular formula is C27H37FN5O7P. The summed E-state index contributed by atoms with van der Waals surface area (Å²) < 4.78 is 52.6. The molecule has 1 aliphatic heterocycles. The second kappa shape index (κ2) is 13.7. The second-order valence-electron chi connectivity index (χ2n) is 10.0. The number of ether oxygens (including phenoxy) is 2. The molecule has 1 unspecified atom stereocenters. The highest BCUT2D eigenvalue weighted by molar-refractivity contribution is 7.52. The summed E-state index contributed by atoms with van der Waals surface area (Å²) in [4.78, 5) is 16.5. The monoisotopic (exact) mass is 593 g/mol. The molecule has 0 radical (unpaired) electrons. The number of para-hydroxylation sites is 1. The molecule has 1 aliphatic rings. The number of alkyl halides is 1. The van der Waals surface area contributed by atoms with Crippen molar-refractivity contribution in [1.82, 2.24) is 19.7 Å². The fraction of sp³-hybridized carbons (Fsp3) is 0.519. The van der Waals surface area contributed by atoms with Gasteiger partial charge in [0.2, 0.25) is 0 Å². The van der Waals surface area contributed by atoms with Crippen LogP contribution in [-0.4, -0.2) is 63.3 Å². The Morgan fingerprint density at radius 3 is 2.80 bits per heavy atom. The van der Waals surface area contributed by atoms with Gasteiger partial charge >= 0.3 is 13.7 Å². The molecule has 1 aromatic carbocycles. The number of aromatic nitrogens is 3. The Balaban J connectivity index is 1.48. The van der Waals surface area contributed by atoms with Crippen molar-refractivity contribution in [2.24, 2.45) is 0 Å². The Morgan fingerprint density at radius 1 is 1.29 bits per heavy atom. The Bertz CT molecular complexity index is 1350. The molecule has 41 heavy (non-hydrogen) atoms. The van der Waals surface area contributed by atoms with E-state index in [4.69, 9.17) is 24.3 Å². The Hall–Kier alpha value is -3.09. The van der Waals surface area contributed by atoms with Crippen LogP contribution >= 0.6 is 7.75 Å². The summed E-state index contributed by atoms with van der Waals surface area (Å²) in [6.45, 7) is 1.99. The summed E-state index contributed by atoms with van der Waals surface area (Å²) in [5.74, 6) is -0.190. The van der Waals surface area contributed by atoms with Gasteiger partial charge in [0.05, 0.1) is 25.0 Å². The zero-order chi connectivity index (χ0) is 29.5. The van der Waals surface area contributed by atoms with E-state index in [9.17, 15) is 18.9 Å². The number of rotatable bonds is 15. The number of nitrogen functional groups attached to an aromatic ring is 1. The van der Waals surface area contributed by atoms with Gasteiger partial charge in [-0.15, -0.1) is 0 Å². The van der Waals surface area contributed by atoms with Crippen molar-refractivity contribution in [3.63, 3.8) is 0 Å². The van der Waals surface area contributed by atoms with E-state index >= 15 is 0 Å². The predicted octanol–water partition coefficient (Wildman–Crippen LogP) is 4.15. The quantitative estimate of drug-likeness (QED) is 0.132. The number of aliphatic hydroxyl groups excluding tert-OH is 1. The molecule has 4 rings (SSSR count). The number of hydrogen-bond acceptors (Lipinski definition) is 10. The lowest BCUT2D eigenvalue weighted by atomic mass is 9.98. The van der Waals surface area contributed by atoms with Crippen LogP contribution in [0.1, 0.15) is 57.7 Å². The summed E-state index contributed by atoms with van der Waals surface area (Å²) in [7, 11) is -4.31. The maximum absolute atomic E-state index is 14.6. The Kier molecular flexibility index (Phi) is 10.3. The van der Waals surface area contributed by atoms with Crippen LogP contribution in [0.15, 0.2) is 48.8 Å². The van der Waals surface area contributed by atoms with Gasteiger partial charge in [0.15, 0.2) is 5.82 Å². The number of carbonyl (C=O) groups excluding carboxylic acids is 1. The van der Waals surface area contributed by atoms with Gasteiger partial charge < -0.3 is 24.8 Å². The first kappa shape index (κ1) is 30.9. The molecule has 0 aliphatic carbocycles. The van der Waals surface area contributed by atoms with Gasteiger partial charge in [-0.2, -0.15) is 10.2 Å². The molecule has 0 amide bonds. The SMILES string of the molecule is CCCCCCOC(=O)[C@H](C)NP(=O)(OC[C@@]1(CF)O[C@@H](c2ccc3c(N)ncnn23)C[C@@H]1O)Oc1ccccc1. The molecule has 1 saturated heterocycles. The van der Waals surface area contributed by atoms with Crippen molar-refractivity contribution in [2.75, 3.05) is 25.6 Å². The maximum atomic E-state index is 14.6. The highest BCUT2D eigenvalue weighted by Gasteiger charge is 2.51. The van der Waals surface area contributed by atoms with E-state index in [0.29, 0.717) is 17.6 Å². The fourth-order valence-electron chi connectivity index (χ4n) is 4.54. The minimum Gasteiger partial charge on any atom is -0.465 e. The molecule has 0 saturated carbocycles. The van der Waals surface area contributed by atoms with Crippen LogP contribution in [0.25, 0.3) is 5.52 Å². The number of anilines is 1. The number of nitrogens with zero attached hydrogens (tertiary/aromatic N) is 3. The minimum absolute atomic E-state index is 0.0152. The zero-order valence-electron chi connectivity index (χ0n) is 23.1. The molecule has 0 spiro atoms. The first-order valence-corrected chi connectivity index (χ1v) is 15.2. The highest BCUT2D eigenvalue weighted by atomic mass is 31.2. The van der Waals surface area contributed by atoms with Gasteiger partial charge in [0, 0.05) is 6.42 Å². The number of nitrogens with one attached hydrogen (secondary N) is 1. The van der Waals surface area contributed by atoms with Crippen LogP contribution in [0.2, 0.25) is 0 Å². The molecular weight excluding hydrogens is 556 g/mol. The molecule has 0 bridgehead atoms. The summed E-state index contributed by atoms with van der Waals surface area (Å²) in [5.41, 5.74) is 5.11. The van der Waals surface area contributed by atoms with Crippen LogP contribution in [0.4, 0.5) is 10.2 Å². The smallest absolute Gasteiger partial charge is 0.459 e. The van der Waals surface area contributed by atoms with Crippen molar-refractivity contribution in [1.29, 1.82) is 0 Å². The normalized spacial score (nSPS) is 22.8. The number of halogens is 1. The number of aliphatic hydroxyl groups is 1. The summed E-state index contributed by atoms with van der Waals surface area (Å²) >= 11 is 0. The molecule has 2 aromatic heterocycles. The molecule has 12 nitrogen and oxygen atoms in total. The van der Waals surface area contributed by atoms with E-state index < -0.39 is 50.8 Å². The maximum Gasteiger partial charge on any atom is 0.459 e. The summed E-state index contributed by atoms with van der Waals surface area (Å²) in [5, 5.41) is 17.7. The predicted molar refractivity (Wildman–Crippen MR) is 149 cm³/mol. The highest BCUT2D eigenvalue weighted by Crippen LogP contribution is 2.48. The summed E-state index contributed by atoms with van der Waals surface area (Å²) in [6, 6.07) is 10.5. The van der Waals surface area contributed by atoms with E-state index in [2.05, 4.69) is 22.1 Å². The van der Waals surface area contributed by atoms with Gasteiger partial charge in [-0.05, 0) is 37.6 Å². The molecule has 1 fully saturated rings. The minimum atomic E-state index is -4.31. The molecule has 224 valence electrons. The van der Waals surface area contributed by atoms with Crippen molar-refractivity contribution < 1.29 is 37.4 Å². The standard InChI is InChI=1S/C27H37FN5O7P/c1-3-4-5-9-14-37-26(35)19(2)32-41(36,40-20-10-7-6-8-11-20)38-17-27(16-28)24(34)15-23(39-27)21-12-13-22-25(29)30-18-31-33(21)22/h6-8,10-13,18-19,23-24,34H,3-5,9,14-17H2,1-2H3,(H,32,36)(H2,29,30,31)/t19-,23+,24-,27+,41?/m0/s1. The van der Waals surface area contributed by atoms with E-state index in [1.54, 1.807) is 42.5 Å². The topological polar surface area (TPSA) is 160 Å². The first-order chi connectivity index (χ1) is 19.7. The summed E-state index contributed by atoms with van der Waals surface area (Å²) in [6.07, 6.45) is 2.93. The van der Waals surface area contributed by atoms with Crippen molar-refractivity contribution in [3.05, 3.63) is 54.5 Å². The number of nitrogens with two attached hydrogens (primary N) is 1. The van der Waals surface area contributed by atoms with Crippen molar-refractivity contribution in [2.45, 2.75) is 69.8 Å². The third-order valence-corrected chi connectivity index (χ3v) is 8.51. The third kappa shape index (κ3) is 7.41. The van der Waals surface area contributed by atoms with Crippen LogP contribution < -0.4 is 15.3 Å². The number of benzene rings is 1. The van der Waals surface area contributed by atoms with Gasteiger partial charge in [0.1, 0.15) is 42.0 Å². The van der Waals surface area contributed by atoms with Gasteiger partial charge in [0.25, 0.3) is 0 Å². The van der Waals surface area contributed by atoms with Crippen LogP contribution in [0.3, 0.4) is 0 Å². The number of carbonyl (C=O) groups is 1. The molecule has 3 heterocycles. The molecule has 5 atom stereocenters. The van der Waals surface area contributed by atoms with Crippen LogP contribution in [-0.2, 0) is 23.4 Å². The third-order valence-electron chi connectivity index (χ3n) is 6.88. The average Bonchev–Trinajstić information content (AvgIpc) is 3.54. The van der Waals surface area contributed by atoms with Gasteiger partial charge in [-0.1, -0.05) is 44.4 Å². The molecule has 4 N–H and O–H groups in total. The average molecular weight is 594 g/mol. The largest absolute Gasteiger partial charge is 0.465 e. The fourth-order valence-corrected chi connectivity index (χ4v) is 6.08. The van der Waals surface area contributed by atoms with E-state index in [0.717, 1.165) is 19.3 Å². The zero-order valence-corrected chi connectivity index (χ0v) is 24.0. The number of unbranched alkanes of at least 4 members (excludes halogenated alkanes) is 3. The lowest BCUT2D eigenvalue weighted by molar-refractivity contribution is -0.145. The van der Waals surface area contributed by atoms with Crippen molar-refractivity contribution >= 4 is 25.1 Å². The van der Waals surface area contributed by atoms with Crippen LogP contribution in [0, 0.1) is 0 Å². The lowest BCUT2D eigenvalue weighted by Crippen LogP contribution is -2.47. The van der Waals surface area contributed by atoms with Gasteiger partial charge in [-0.3, -0.25) is 9.32 Å². The Labute approximate surface area is 237 Å². The van der Waals surface area contributed by atoms with E-state index in [1.165, 1.54) is 17.8 Å². The lowest BCUT2D eigenvalue weighted by Gasteiger charge is -2.31. The second-order valence-corrected chi connectivity index (χ2v) is 11.7. The molecule has 14 heteroatoms. The van der Waals surface area contributed by atoms with Crippen molar-refractivity contribution in [3.8, 4) is 5.75 Å². The first-order valence-electron chi connectivity index (χ1n) is 13.6. The number of esters is 1. The Morgan fingerprint density at radius 2 is 2.07 bits per heavy atom. The number of hydrogen-bond donors (Lipinski definition) is 3. The van der Waals surface area contributed by atoms with E-state index in [-0.39, 0.29) is 24.6 Å².